The van der Waals surface area contributed by atoms with Crippen LogP contribution in [0, 0.1) is 6.92 Å². The number of nitrogens with zero attached hydrogens (tertiary/aromatic N) is 1. The molecule has 6 heteroatoms. The van der Waals surface area contributed by atoms with E-state index in [0.29, 0.717) is 17.5 Å². The molecule has 1 aromatic heterocycles. The Morgan fingerprint density at radius 3 is 3.00 bits per heavy atom. The fourth-order valence-electron chi connectivity index (χ4n) is 3.78. The van der Waals surface area contributed by atoms with Crippen molar-refractivity contribution in [1.29, 1.82) is 0 Å². The molecule has 140 valence electrons. The summed E-state index contributed by atoms with van der Waals surface area (Å²) in [6.45, 7) is 4.45. The zero-order chi connectivity index (χ0) is 18.8. The van der Waals surface area contributed by atoms with Crippen LogP contribution in [0.3, 0.4) is 0 Å². The molecule has 4 rings (SSSR count). The lowest BCUT2D eigenvalue weighted by Gasteiger charge is -2.28. The number of nitrogens with one attached hydrogen (secondary N) is 2. The number of quaternary nitrogens is 1. The molecule has 1 unspecified atom stereocenters. The summed E-state index contributed by atoms with van der Waals surface area (Å²) in [6, 6.07) is 13.8. The van der Waals surface area contributed by atoms with Crippen molar-refractivity contribution in [2.75, 3.05) is 25.0 Å². The van der Waals surface area contributed by atoms with Crippen molar-refractivity contribution < 1.29 is 9.69 Å². The second-order valence-electron chi connectivity index (χ2n) is 7.25. The normalized spacial score (nSPS) is 19.9. The number of hydrogen-bond acceptors (Lipinski definition) is 3. The number of carbonyl (C=O) groups excluding carboxylic acids is 1. The highest BCUT2D eigenvalue weighted by atomic mass is 35.5. The summed E-state index contributed by atoms with van der Waals surface area (Å²) in [4.78, 5) is 18.7. The minimum Gasteiger partial charge on any atom is -0.327 e. The van der Waals surface area contributed by atoms with Crippen molar-refractivity contribution in [1.82, 2.24) is 4.98 Å². The van der Waals surface area contributed by atoms with Crippen LogP contribution in [-0.4, -0.2) is 30.5 Å². The zero-order valence-electron chi connectivity index (χ0n) is 15.3. The number of hydrogen-bond donors (Lipinski definition) is 2. The Morgan fingerprint density at radius 1 is 1.33 bits per heavy atom. The SMILES string of the molecule is Cc1cc(Cl)ccc1NC(=O)C[NH+]1CCC[C@@H](c2nc3ccccc3s2)C1. The molecule has 0 saturated carbocycles. The van der Waals surface area contributed by atoms with Gasteiger partial charge in [-0.25, -0.2) is 4.98 Å². The van der Waals surface area contributed by atoms with E-state index in [-0.39, 0.29) is 5.91 Å². The van der Waals surface area contributed by atoms with Crippen LogP contribution in [0.25, 0.3) is 10.2 Å². The number of carbonyl (C=O) groups is 1. The summed E-state index contributed by atoms with van der Waals surface area (Å²) < 4.78 is 1.25. The van der Waals surface area contributed by atoms with E-state index in [4.69, 9.17) is 16.6 Å². The second kappa shape index (κ2) is 7.97. The lowest BCUT2D eigenvalue weighted by Crippen LogP contribution is -3.14. The maximum absolute atomic E-state index is 12.5. The first-order chi connectivity index (χ1) is 13.1. The largest absolute Gasteiger partial charge is 0.327 e. The fraction of sp³-hybridized carbons (Fsp3) is 0.333. The number of anilines is 1. The van der Waals surface area contributed by atoms with Crippen molar-refractivity contribution in [3.8, 4) is 0 Å². The van der Waals surface area contributed by atoms with Crippen LogP contribution in [0.2, 0.25) is 5.02 Å². The molecule has 1 aliphatic rings. The van der Waals surface area contributed by atoms with Crippen LogP contribution >= 0.6 is 22.9 Å². The molecular formula is C21H23ClN3OS+. The highest BCUT2D eigenvalue weighted by molar-refractivity contribution is 7.18. The molecule has 4 nitrogen and oxygen atoms in total. The van der Waals surface area contributed by atoms with E-state index in [0.717, 1.165) is 42.7 Å². The van der Waals surface area contributed by atoms with Gasteiger partial charge in [-0.05, 0) is 55.7 Å². The lowest BCUT2D eigenvalue weighted by molar-refractivity contribution is -0.898. The van der Waals surface area contributed by atoms with E-state index in [1.165, 1.54) is 14.6 Å². The number of piperidine rings is 1. The third-order valence-electron chi connectivity index (χ3n) is 5.15. The Balaban J connectivity index is 1.40. The summed E-state index contributed by atoms with van der Waals surface area (Å²) in [7, 11) is 0. The zero-order valence-corrected chi connectivity index (χ0v) is 16.9. The Morgan fingerprint density at radius 2 is 2.19 bits per heavy atom. The Hall–Kier alpha value is -1.95. The predicted molar refractivity (Wildman–Crippen MR) is 112 cm³/mol. The molecule has 2 heterocycles. The molecule has 1 saturated heterocycles. The predicted octanol–water partition coefficient (Wildman–Crippen LogP) is 3.66. The van der Waals surface area contributed by atoms with E-state index < -0.39 is 0 Å². The molecule has 3 aromatic rings. The molecule has 0 bridgehead atoms. The molecule has 0 radical (unpaired) electrons. The highest BCUT2D eigenvalue weighted by Crippen LogP contribution is 2.30. The summed E-state index contributed by atoms with van der Waals surface area (Å²) in [5.41, 5.74) is 2.90. The number of likely N-dealkylation sites (tertiary alicyclic amines) is 1. The topological polar surface area (TPSA) is 46.4 Å². The van der Waals surface area contributed by atoms with Crippen molar-refractivity contribution in [3.05, 3.63) is 58.1 Å². The molecule has 0 aliphatic carbocycles. The standard InChI is InChI=1S/C21H22ClN3OS/c1-14-11-16(22)8-9-17(14)23-20(26)13-25-10-4-5-15(12-25)21-24-18-6-2-3-7-19(18)27-21/h2-3,6-9,11,15H,4-5,10,12-13H2,1H3,(H,23,26)/p+1/t15-/m1/s1. The summed E-state index contributed by atoms with van der Waals surface area (Å²) in [5.74, 6) is 0.497. The van der Waals surface area contributed by atoms with Crippen LogP contribution in [0.15, 0.2) is 42.5 Å². The third kappa shape index (κ3) is 4.32. The number of para-hydroxylation sites is 1. The highest BCUT2D eigenvalue weighted by Gasteiger charge is 2.28. The van der Waals surface area contributed by atoms with Crippen LogP contribution < -0.4 is 10.2 Å². The lowest BCUT2D eigenvalue weighted by atomic mass is 9.99. The Bertz CT molecular complexity index is 938. The number of fused-ring (bicyclic) bond motifs is 1. The average Bonchev–Trinajstić information content (AvgIpc) is 3.08. The summed E-state index contributed by atoms with van der Waals surface area (Å²) in [6.07, 6.45) is 2.28. The van der Waals surface area contributed by atoms with Crippen LogP contribution in [0.5, 0.6) is 0 Å². The Labute approximate surface area is 168 Å². The van der Waals surface area contributed by atoms with Gasteiger partial charge < -0.3 is 10.2 Å². The van der Waals surface area contributed by atoms with E-state index in [1.807, 2.05) is 25.1 Å². The van der Waals surface area contributed by atoms with Gasteiger partial charge in [0.2, 0.25) is 0 Å². The van der Waals surface area contributed by atoms with Gasteiger partial charge in [0.1, 0.15) is 5.01 Å². The molecule has 2 aromatic carbocycles. The van der Waals surface area contributed by atoms with Crippen molar-refractivity contribution in [2.24, 2.45) is 0 Å². The number of aromatic nitrogens is 1. The first-order valence-electron chi connectivity index (χ1n) is 9.33. The van der Waals surface area contributed by atoms with Gasteiger partial charge in [0.05, 0.1) is 29.2 Å². The van der Waals surface area contributed by atoms with Gasteiger partial charge in [0.15, 0.2) is 6.54 Å². The minimum atomic E-state index is 0.0559. The minimum absolute atomic E-state index is 0.0559. The van der Waals surface area contributed by atoms with E-state index in [2.05, 4.69) is 23.5 Å². The van der Waals surface area contributed by atoms with Gasteiger partial charge >= 0.3 is 0 Å². The molecule has 1 amide bonds. The molecule has 0 spiro atoms. The van der Waals surface area contributed by atoms with Gasteiger partial charge in [-0.15, -0.1) is 11.3 Å². The van der Waals surface area contributed by atoms with Gasteiger partial charge in [-0.3, -0.25) is 4.79 Å². The van der Waals surface area contributed by atoms with Crippen molar-refractivity contribution in [2.45, 2.75) is 25.7 Å². The number of aryl methyl sites for hydroxylation is 1. The number of halogens is 1. The van der Waals surface area contributed by atoms with Gasteiger partial charge in [0.25, 0.3) is 5.91 Å². The number of rotatable bonds is 4. The summed E-state index contributed by atoms with van der Waals surface area (Å²) in [5, 5.41) is 4.93. The first kappa shape index (κ1) is 18.4. The molecule has 2 atom stereocenters. The maximum atomic E-state index is 12.5. The second-order valence-corrected chi connectivity index (χ2v) is 8.75. The third-order valence-corrected chi connectivity index (χ3v) is 6.58. The number of benzene rings is 2. The number of amides is 1. The average molecular weight is 401 g/mol. The van der Waals surface area contributed by atoms with E-state index in [1.54, 1.807) is 17.4 Å². The van der Waals surface area contributed by atoms with Gasteiger partial charge in [-0.2, -0.15) is 0 Å². The van der Waals surface area contributed by atoms with Gasteiger partial charge in [0, 0.05) is 10.7 Å². The van der Waals surface area contributed by atoms with Crippen molar-refractivity contribution >= 4 is 44.7 Å². The first-order valence-corrected chi connectivity index (χ1v) is 10.5. The Kier molecular flexibility index (Phi) is 5.43. The molecule has 27 heavy (non-hydrogen) atoms. The molecule has 1 aliphatic heterocycles. The maximum Gasteiger partial charge on any atom is 0.279 e. The molecular weight excluding hydrogens is 378 g/mol. The van der Waals surface area contributed by atoms with Gasteiger partial charge in [-0.1, -0.05) is 23.7 Å². The monoisotopic (exact) mass is 400 g/mol. The smallest absolute Gasteiger partial charge is 0.279 e. The molecule has 1 fully saturated rings. The number of thiazole rings is 1. The molecule has 2 N–H and O–H groups in total. The fourth-order valence-corrected chi connectivity index (χ4v) is 5.10. The van der Waals surface area contributed by atoms with E-state index >= 15 is 0 Å². The quantitative estimate of drug-likeness (QED) is 0.702. The summed E-state index contributed by atoms with van der Waals surface area (Å²) >= 11 is 7.78. The van der Waals surface area contributed by atoms with Crippen molar-refractivity contribution in [3.63, 3.8) is 0 Å². The van der Waals surface area contributed by atoms with Crippen LogP contribution in [-0.2, 0) is 4.79 Å². The van der Waals surface area contributed by atoms with Crippen LogP contribution in [0.4, 0.5) is 5.69 Å². The van der Waals surface area contributed by atoms with E-state index in [9.17, 15) is 4.79 Å². The van der Waals surface area contributed by atoms with Crippen LogP contribution in [0.1, 0.15) is 29.3 Å².